The standard InChI is InChI=1S/C20H42/c1-14(2)17(7,8)18(9,10)19(11,12)20(13,15(3)4)16(5)6/h14-16H,1-13H3. The topological polar surface area (TPSA) is 0 Å². The molecule has 0 saturated carbocycles. The van der Waals surface area contributed by atoms with E-state index in [-0.39, 0.29) is 10.8 Å². The third kappa shape index (κ3) is 2.57. The van der Waals surface area contributed by atoms with E-state index in [2.05, 4.69) is 90.0 Å². The van der Waals surface area contributed by atoms with Crippen LogP contribution in [0.3, 0.4) is 0 Å². The fraction of sp³-hybridized carbons (Fsp3) is 1.00. The van der Waals surface area contributed by atoms with Gasteiger partial charge in [-0.15, -0.1) is 0 Å². The summed E-state index contributed by atoms with van der Waals surface area (Å²) in [5.74, 6) is 2.04. The van der Waals surface area contributed by atoms with Gasteiger partial charge in [0.15, 0.2) is 0 Å². The van der Waals surface area contributed by atoms with Gasteiger partial charge in [0.2, 0.25) is 0 Å². The molecule has 0 spiro atoms. The van der Waals surface area contributed by atoms with Crippen LogP contribution in [0.5, 0.6) is 0 Å². The van der Waals surface area contributed by atoms with Gasteiger partial charge in [0.05, 0.1) is 0 Å². The maximum absolute atomic E-state index is 2.51. The van der Waals surface area contributed by atoms with Crippen LogP contribution < -0.4 is 0 Å². The smallest absolute Gasteiger partial charge is 0.0223 e. The molecule has 0 atom stereocenters. The molecular weight excluding hydrogens is 240 g/mol. The van der Waals surface area contributed by atoms with E-state index in [0.717, 1.165) is 0 Å². The monoisotopic (exact) mass is 282 g/mol. The predicted octanol–water partition coefficient (Wildman–Crippen LogP) is 7.04. The molecule has 122 valence electrons. The molecule has 0 unspecified atom stereocenters. The first-order chi connectivity index (χ1) is 8.58. The van der Waals surface area contributed by atoms with Gasteiger partial charge in [-0.3, -0.25) is 0 Å². The zero-order valence-electron chi connectivity index (χ0n) is 16.7. The van der Waals surface area contributed by atoms with Crippen molar-refractivity contribution in [1.82, 2.24) is 0 Å². The highest BCUT2D eigenvalue weighted by atomic mass is 14.6. The van der Waals surface area contributed by atoms with Crippen LogP contribution >= 0.6 is 0 Å². The lowest BCUT2D eigenvalue weighted by Gasteiger charge is -2.63. The second-order valence-electron chi connectivity index (χ2n) is 9.72. The Morgan fingerprint density at radius 1 is 0.450 bits per heavy atom. The van der Waals surface area contributed by atoms with E-state index in [1.165, 1.54) is 0 Å². The summed E-state index contributed by atoms with van der Waals surface area (Å²) >= 11 is 0. The Hall–Kier alpha value is 0. The molecule has 20 heavy (non-hydrogen) atoms. The minimum absolute atomic E-state index is 0.260. The van der Waals surface area contributed by atoms with E-state index >= 15 is 0 Å². The number of rotatable bonds is 6. The third-order valence-corrected chi connectivity index (χ3v) is 8.36. The van der Waals surface area contributed by atoms with Crippen LogP contribution in [0.1, 0.15) is 90.0 Å². The van der Waals surface area contributed by atoms with E-state index in [9.17, 15) is 0 Å². The largest absolute Gasteiger partial charge is 0.0622 e. The summed E-state index contributed by atoms with van der Waals surface area (Å²) < 4.78 is 0. The van der Waals surface area contributed by atoms with Crippen molar-refractivity contribution in [3.8, 4) is 0 Å². The molecule has 0 aromatic carbocycles. The molecule has 0 amide bonds. The zero-order chi connectivity index (χ0) is 16.7. The highest BCUT2D eigenvalue weighted by Crippen LogP contribution is 2.64. The maximum atomic E-state index is 2.51. The van der Waals surface area contributed by atoms with E-state index in [0.29, 0.717) is 28.6 Å². The van der Waals surface area contributed by atoms with Crippen molar-refractivity contribution < 1.29 is 0 Å². The molecule has 0 saturated heterocycles. The molecule has 0 rings (SSSR count). The molecule has 0 heteroatoms. The average molecular weight is 283 g/mol. The summed E-state index contributed by atoms with van der Waals surface area (Å²) in [7, 11) is 0. The lowest BCUT2D eigenvalue weighted by atomic mass is 9.41. The summed E-state index contributed by atoms with van der Waals surface area (Å²) in [5.41, 5.74) is 1.15. The van der Waals surface area contributed by atoms with E-state index < -0.39 is 0 Å². The number of hydrogen-bond acceptors (Lipinski definition) is 0. The first-order valence-corrected chi connectivity index (χ1v) is 8.58. The van der Waals surface area contributed by atoms with Gasteiger partial charge in [-0.1, -0.05) is 90.0 Å². The summed E-state index contributed by atoms with van der Waals surface area (Å²) in [6.07, 6.45) is 0. The van der Waals surface area contributed by atoms with E-state index in [1.807, 2.05) is 0 Å². The quantitative estimate of drug-likeness (QED) is 0.490. The van der Waals surface area contributed by atoms with Crippen molar-refractivity contribution in [3.63, 3.8) is 0 Å². The first kappa shape index (κ1) is 20.0. The molecule has 0 aromatic rings. The molecule has 0 aromatic heterocycles. The molecule has 0 heterocycles. The Morgan fingerprint density at radius 3 is 0.950 bits per heavy atom. The minimum Gasteiger partial charge on any atom is -0.0622 e. The van der Waals surface area contributed by atoms with Crippen LogP contribution in [-0.2, 0) is 0 Å². The average Bonchev–Trinajstić information content (AvgIpc) is 2.25. The Kier molecular flexibility index (Phi) is 5.65. The fourth-order valence-corrected chi connectivity index (χ4v) is 4.31. The molecule has 0 bridgehead atoms. The van der Waals surface area contributed by atoms with Gasteiger partial charge in [-0.25, -0.2) is 0 Å². The first-order valence-electron chi connectivity index (χ1n) is 8.58. The molecular formula is C20H42. The van der Waals surface area contributed by atoms with Crippen LogP contribution in [-0.4, -0.2) is 0 Å². The lowest BCUT2D eigenvalue weighted by molar-refractivity contribution is -0.153. The number of hydrogen-bond donors (Lipinski definition) is 0. The molecule has 0 nitrogen and oxygen atoms in total. The van der Waals surface area contributed by atoms with Gasteiger partial charge in [-0.2, -0.15) is 0 Å². The zero-order valence-corrected chi connectivity index (χ0v) is 16.7. The summed E-state index contributed by atoms with van der Waals surface area (Å²) in [6.45, 7) is 31.8. The van der Waals surface area contributed by atoms with Gasteiger partial charge < -0.3 is 0 Å². The Balaban J connectivity index is 6.07. The van der Waals surface area contributed by atoms with Gasteiger partial charge in [0, 0.05) is 0 Å². The molecule has 0 N–H and O–H groups in total. The highest BCUT2D eigenvalue weighted by Gasteiger charge is 2.58. The predicted molar refractivity (Wildman–Crippen MR) is 94.0 cm³/mol. The van der Waals surface area contributed by atoms with Crippen LogP contribution in [0.4, 0.5) is 0 Å². The van der Waals surface area contributed by atoms with Crippen LogP contribution in [0.2, 0.25) is 0 Å². The third-order valence-electron chi connectivity index (χ3n) is 8.36. The Morgan fingerprint density at radius 2 is 0.750 bits per heavy atom. The lowest BCUT2D eigenvalue weighted by Crippen LogP contribution is -2.57. The van der Waals surface area contributed by atoms with Gasteiger partial charge in [0.1, 0.15) is 0 Å². The van der Waals surface area contributed by atoms with Crippen molar-refractivity contribution in [2.75, 3.05) is 0 Å². The van der Waals surface area contributed by atoms with Crippen LogP contribution in [0.15, 0.2) is 0 Å². The highest BCUT2D eigenvalue weighted by molar-refractivity contribution is 5.06. The molecule has 0 radical (unpaired) electrons. The summed E-state index contributed by atoms with van der Waals surface area (Å²) in [5, 5.41) is 0. The van der Waals surface area contributed by atoms with Crippen molar-refractivity contribution in [2.45, 2.75) is 90.0 Å². The van der Waals surface area contributed by atoms with Gasteiger partial charge in [-0.05, 0) is 39.4 Å². The van der Waals surface area contributed by atoms with Gasteiger partial charge in [0.25, 0.3) is 0 Å². The van der Waals surface area contributed by atoms with Crippen molar-refractivity contribution in [3.05, 3.63) is 0 Å². The van der Waals surface area contributed by atoms with Crippen molar-refractivity contribution >= 4 is 0 Å². The second kappa shape index (κ2) is 5.65. The minimum atomic E-state index is 0.260. The maximum Gasteiger partial charge on any atom is -0.0223 e. The van der Waals surface area contributed by atoms with Crippen molar-refractivity contribution in [2.24, 2.45) is 39.4 Å². The molecule has 0 aliphatic rings. The molecule has 0 aliphatic carbocycles. The second-order valence-corrected chi connectivity index (χ2v) is 9.72. The normalized spacial score (nSPS) is 15.6. The summed E-state index contributed by atoms with van der Waals surface area (Å²) in [6, 6.07) is 0. The van der Waals surface area contributed by atoms with Crippen LogP contribution in [0.25, 0.3) is 0 Å². The summed E-state index contributed by atoms with van der Waals surface area (Å²) in [4.78, 5) is 0. The van der Waals surface area contributed by atoms with E-state index in [4.69, 9.17) is 0 Å². The molecule has 0 fully saturated rings. The Labute approximate surface area is 130 Å². The molecule has 0 aliphatic heterocycles. The van der Waals surface area contributed by atoms with Crippen molar-refractivity contribution in [1.29, 1.82) is 0 Å². The fourth-order valence-electron chi connectivity index (χ4n) is 4.31. The van der Waals surface area contributed by atoms with Crippen LogP contribution in [0, 0.1) is 39.4 Å². The SMILES string of the molecule is CC(C)C(C)(C)C(C)(C)C(C)(C)C(C)(C(C)C)C(C)C. The van der Waals surface area contributed by atoms with E-state index in [1.54, 1.807) is 0 Å². The Bertz CT molecular complexity index is 305. The van der Waals surface area contributed by atoms with Gasteiger partial charge >= 0.3 is 0 Å².